The quantitative estimate of drug-likeness (QED) is 0.518. The molecule has 0 saturated heterocycles. The van der Waals surface area contributed by atoms with Gasteiger partial charge in [-0.1, -0.05) is 42.5 Å². The largest absolute Gasteiger partial charge is 0.468 e. The topological polar surface area (TPSA) is 87.0 Å². The Balaban J connectivity index is 1.75. The molecule has 0 aliphatic carbocycles. The summed E-state index contributed by atoms with van der Waals surface area (Å²) in [5.74, 6) is 1.05. The van der Waals surface area contributed by atoms with Crippen molar-refractivity contribution in [1.29, 1.82) is 0 Å². The number of fused-ring (bicyclic) bond motifs is 1. The first-order valence-electron chi connectivity index (χ1n) is 9.24. The molecule has 4 aromatic rings. The predicted molar refractivity (Wildman–Crippen MR) is 110 cm³/mol. The summed E-state index contributed by atoms with van der Waals surface area (Å²) >= 11 is 0. The van der Waals surface area contributed by atoms with Gasteiger partial charge in [0.15, 0.2) is 5.82 Å². The van der Waals surface area contributed by atoms with Crippen molar-refractivity contribution in [2.75, 3.05) is 19.5 Å². The molecule has 0 amide bonds. The lowest BCUT2D eigenvalue weighted by molar-refractivity contribution is 0.186. The third kappa shape index (κ3) is 3.74. The molecule has 0 saturated carbocycles. The van der Waals surface area contributed by atoms with E-state index in [1.165, 1.54) is 0 Å². The molecule has 0 atom stereocenters. The number of hydrogen-bond acceptors (Lipinski definition) is 7. The van der Waals surface area contributed by atoms with Gasteiger partial charge in [-0.3, -0.25) is 0 Å². The maximum atomic E-state index is 5.50. The second-order valence-corrected chi connectivity index (χ2v) is 6.54. The third-order valence-corrected chi connectivity index (χ3v) is 4.57. The minimum absolute atomic E-state index is 0.389. The number of para-hydroxylation sites is 1. The van der Waals surface area contributed by atoms with Crippen LogP contribution in [0.2, 0.25) is 0 Å². The number of anilines is 1. The minimum atomic E-state index is 0.389. The monoisotopic (exact) mass is 390 g/mol. The molecule has 8 nitrogen and oxygen atoms in total. The summed E-state index contributed by atoms with van der Waals surface area (Å²) in [4.78, 5) is 9.30. The number of methoxy groups -OCH3 is 2. The van der Waals surface area contributed by atoms with Crippen LogP contribution in [0.4, 0.5) is 5.82 Å². The highest BCUT2D eigenvalue weighted by Crippen LogP contribution is 2.27. The van der Waals surface area contributed by atoms with Gasteiger partial charge in [-0.2, -0.15) is 9.97 Å². The second-order valence-electron chi connectivity index (χ2n) is 6.54. The second kappa shape index (κ2) is 8.24. The molecule has 1 N–H and O–H groups in total. The van der Waals surface area contributed by atoms with Crippen LogP contribution in [0, 0.1) is 6.92 Å². The highest BCUT2D eigenvalue weighted by Gasteiger charge is 2.19. The van der Waals surface area contributed by atoms with Crippen molar-refractivity contribution < 1.29 is 9.47 Å². The van der Waals surface area contributed by atoms with Crippen LogP contribution < -0.4 is 10.1 Å². The fraction of sp³-hybridized carbons (Fsp3) is 0.238. The molecule has 2 aromatic carbocycles. The van der Waals surface area contributed by atoms with Gasteiger partial charge in [0.2, 0.25) is 0 Å². The van der Waals surface area contributed by atoms with Gasteiger partial charge in [-0.25, -0.2) is 4.57 Å². The average Bonchev–Trinajstić information content (AvgIpc) is 3.14. The number of nitrogens with one attached hydrogen (secondary N) is 1. The first kappa shape index (κ1) is 18.8. The van der Waals surface area contributed by atoms with Gasteiger partial charge in [0.25, 0.3) is 5.95 Å². The summed E-state index contributed by atoms with van der Waals surface area (Å²) in [6.45, 7) is 2.96. The van der Waals surface area contributed by atoms with Crippen LogP contribution in [0.15, 0.2) is 48.5 Å². The first-order valence-corrected chi connectivity index (χ1v) is 9.24. The minimum Gasteiger partial charge on any atom is -0.468 e. The van der Waals surface area contributed by atoms with Crippen molar-refractivity contribution in [3.05, 3.63) is 65.4 Å². The average molecular weight is 390 g/mol. The van der Waals surface area contributed by atoms with E-state index < -0.39 is 0 Å². The summed E-state index contributed by atoms with van der Waals surface area (Å²) < 4.78 is 12.5. The van der Waals surface area contributed by atoms with E-state index in [1.807, 2.05) is 43.3 Å². The maximum absolute atomic E-state index is 5.50. The number of benzene rings is 2. The highest BCUT2D eigenvalue weighted by molar-refractivity contribution is 5.81. The summed E-state index contributed by atoms with van der Waals surface area (Å²) in [6, 6.07) is 16.4. The lowest BCUT2D eigenvalue weighted by Crippen LogP contribution is -2.11. The molecule has 2 heterocycles. The Morgan fingerprint density at radius 3 is 2.55 bits per heavy atom. The number of ether oxygens (including phenoxy) is 2. The molecule has 0 radical (unpaired) electrons. The van der Waals surface area contributed by atoms with Crippen molar-refractivity contribution in [3.63, 3.8) is 0 Å². The van der Waals surface area contributed by atoms with E-state index in [2.05, 4.69) is 32.6 Å². The molecule has 0 spiro atoms. The van der Waals surface area contributed by atoms with Gasteiger partial charge in [0.1, 0.15) is 5.69 Å². The summed E-state index contributed by atoms with van der Waals surface area (Å²) in [7, 11) is 3.23. The molecule has 29 heavy (non-hydrogen) atoms. The Kier molecular flexibility index (Phi) is 5.35. The number of hydrogen-bond donors (Lipinski definition) is 1. The van der Waals surface area contributed by atoms with Gasteiger partial charge in [-0.15, -0.1) is 10.2 Å². The zero-order chi connectivity index (χ0) is 20.2. The molecular weight excluding hydrogens is 368 g/mol. The standard InChI is InChI=1S/C21H22N6O2/c1-14-19(22-12-15-8-5-4-6-9-15)24-20(26-25-14)27-17-11-7-10-16(13-28-2)18(17)23-21(27)29-3/h4-11H,12-13H2,1-3H3,(H,22,24,26). The fourth-order valence-electron chi connectivity index (χ4n) is 3.15. The Labute approximate surface area is 168 Å². The van der Waals surface area contributed by atoms with Crippen molar-refractivity contribution in [3.8, 4) is 12.0 Å². The summed E-state index contributed by atoms with van der Waals surface area (Å²) in [5, 5.41) is 11.9. The normalized spacial score (nSPS) is 11.0. The van der Waals surface area contributed by atoms with Crippen molar-refractivity contribution in [2.45, 2.75) is 20.1 Å². The van der Waals surface area contributed by atoms with E-state index >= 15 is 0 Å². The van der Waals surface area contributed by atoms with Crippen LogP contribution in [0.3, 0.4) is 0 Å². The molecule has 0 fully saturated rings. The van der Waals surface area contributed by atoms with Crippen LogP contribution in [-0.2, 0) is 17.9 Å². The molecule has 4 rings (SSSR count). The Bertz CT molecular complexity index is 1130. The van der Waals surface area contributed by atoms with Crippen molar-refractivity contribution in [2.24, 2.45) is 0 Å². The predicted octanol–water partition coefficient (Wildman–Crippen LogP) is 3.29. The molecule has 148 valence electrons. The third-order valence-electron chi connectivity index (χ3n) is 4.57. The van der Waals surface area contributed by atoms with Gasteiger partial charge in [0, 0.05) is 19.2 Å². The first-order chi connectivity index (χ1) is 14.2. The van der Waals surface area contributed by atoms with E-state index in [0.717, 1.165) is 22.2 Å². The molecular formula is C21H22N6O2. The van der Waals surface area contributed by atoms with E-state index in [-0.39, 0.29) is 0 Å². The van der Waals surface area contributed by atoms with E-state index in [1.54, 1.807) is 18.8 Å². The van der Waals surface area contributed by atoms with E-state index in [4.69, 9.17) is 14.5 Å². The number of aromatic nitrogens is 5. The van der Waals surface area contributed by atoms with Crippen LogP contribution in [0.25, 0.3) is 17.0 Å². The van der Waals surface area contributed by atoms with Gasteiger partial charge in [-0.05, 0) is 18.6 Å². The lowest BCUT2D eigenvalue weighted by Gasteiger charge is -2.11. The van der Waals surface area contributed by atoms with Gasteiger partial charge < -0.3 is 14.8 Å². The Morgan fingerprint density at radius 2 is 1.79 bits per heavy atom. The smallest absolute Gasteiger partial charge is 0.304 e. The van der Waals surface area contributed by atoms with Crippen LogP contribution >= 0.6 is 0 Å². The van der Waals surface area contributed by atoms with E-state index in [0.29, 0.717) is 36.6 Å². The fourth-order valence-corrected chi connectivity index (χ4v) is 3.15. The molecule has 0 aliphatic heterocycles. The van der Waals surface area contributed by atoms with Gasteiger partial charge in [0.05, 0.1) is 24.8 Å². The van der Waals surface area contributed by atoms with Crippen LogP contribution in [-0.4, -0.2) is 39.0 Å². The number of nitrogens with zero attached hydrogens (tertiary/aromatic N) is 5. The SMILES string of the molecule is COCc1cccc2c1nc(OC)n2-c1nnc(C)c(NCc2ccccc2)n1. The van der Waals surface area contributed by atoms with Crippen LogP contribution in [0.1, 0.15) is 16.8 Å². The zero-order valence-corrected chi connectivity index (χ0v) is 16.6. The summed E-state index contributed by atoms with van der Waals surface area (Å²) in [5.41, 5.74) is 4.45. The molecule has 8 heteroatoms. The molecule has 0 bridgehead atoms. The van der Waals surface area contributed by atoms with Crippen molar-refractivity contribution in [1.82, 2.24) is 24.7 Å². The van der Waals surface area contributed by atoms with Crippen molar-refractivity contribution >= 4 is 16.9 Å². The summed E-state index contributed by atoms with van der Waals surface area (Å²) in [6.07, 6.45) is 0. The number of imidazole rings is 1. The number of rotatable bonds is 7. The highest BCUT2D eigenvalue weighted by atomic mass is 16.5. The Hall–Kier alpha value is -3.52. The van der Waals surface area contributed by atoms with Gasteiger partial charge >= 0.3 is 6.01 Å². The Morgan fingerprint density at radius 1 is 0.966 bits per heavy atom. The molecule has 2 aromatic heterocycles. The molecule has 0 aliphatic rings. The van der Waals surface area contributed by atoms with E-state index in [9.17, 15) is 0 Å². The number of aryl methyl sites for hydroxylation is 1. The molecule has 0 unspecified atom stereocenters. The zero-order valence-electron chi connectivity index (χ0n) is 16.6. The lowest BCUT2D eigenvalue weighted by atomic mass is 10.2. The maximum Gasteiger partial charge on any atom is 0.304 e. The van der Waals surface area contributed by atoms with Crippen LogP contribution in [0.5, 0.6) is 6.01 Å².